The van der Waals surface area contributed by atoms with Crippen LogP contribution in [0.25, 0.3) is 0 Å². The van der Waals surface area contributed by atoms with Gasteiger partial charge in [0, 0.05) is 18.1 Å². The van der Waals surface area contributed by atoms with Gasteiger partial charge in [-0.1, -0.05) is 20.8 Å². The van der Waals surface area contributed by atoms with Gasteiger partial charge in [0.1, 0.15) is 0 Å². The largest absolute Gasteiger partial charge is 0.295 e. The van der Waals surface area contributed by atoms with Crippen LogP contribution in [0.4, 0.5) is 0 Å². The van der Waals surface area contributed by atoms with E-state index in [1.54, 1.807) is 0 Å². The Kier molecular flexibility index (Phi) is 2.23. The fraction of sp³-hybridized carbons (Fsp3) is 1.00. The van der Waals surface area contributed by atoms with Gasteiger partial charge < -0.3 is 0 Å². The van der Waals surface area contributed by atoms with E-state index in [9.17, 15) is 0 Å². The molecule has 1 heteroatoms. The second kappa shape index (κ2) is 2.98. The number of hydrogen-bond acceptors (Lipinski definition) is 1. The minimum Gasteiger partial charge on any atom is -0.295 e. The van der Waals surface area contributed by atoms with Crippen LogP contribution < -0.4 is 0 Å². The van der Waals surface area contributed by atoms with E-state index in [0.717, 1.165) is 29.7 Å². The van der Waals surface area contributed by atoms with Crippen molar-refractivity contribution in [3.63, 3.8) is 0 Å². The first-order chi connectivity index (χ1) is 6.34. The maximum Gasteiger partial charge on any atom is 0.0158 e. The molecule has 14 heavy (non-hydrogen) atoms. The Morgan fingerprint density at radius 2 is 1.79 bits per heavy atom. The minimum absolute atomic E-state index is 0.363. The van der Waals surface area contributed by atoms with Crippen LogP contribution in [-0.4, -0.2) is 23.0 Å². The van der Waals surface area contributed by atoms with Crippen LogP contribution in [0.1, 0.15) is 41.5 Å². The predicted octanol–water partition coefficient (Wildman–Crippen LogP) is 3.01. The van der Waals surface area contributed by atoms with E-state index in [2.05, 4.69) is 46.4 Å². The molecule has 0 bridgehead atoms. The average molecular weight is 195 g/mol. The maximum atomic E-state index is 2.74. The summed E-state index contributed by atoms with van der Waals surface area (Å²) in [6.45, 7) is 15.6. The molecular weight excluding hydrogens is 170 g/mol. The molecule has 0 amide bonds. The molecule has 1 aliphatic heterocycles. The maximum absolute atomic E-state index is 2.74. The SMILES string of the molecule is CC(C)[C@@H]1[C@@H]2C(C)[C@@H]2CN1C(C)(C)C. The van der Waals surface area contributed by atoms with Crippen molar-refractivity contribution in [3.05, 3.63) is 0 Å². The highest BCUT2D eigenvalue weighted by Gasteiger charge is 2.60. The van der Waals surface area contributed by atoms with Gasteiger partial charge in [0.15, 0.2) is 0 Å². The third kappa shape index (κ3) is 1.41. The van der Waals surface area contributed by atoms with Crippen LogP contribution in [0, 0.1) is 23.7 Å². The van der Waals surface area contributed by atoms with Crippen LogP contribution in [0.3, 0.4) is 0 Å². The van der Waals surface area contributed by atoms with E-state index < -0.39 is 0 Å². The second-order valence-electron chi connectivity index (χ2n) is 6.66. The van der Waals surface area contributed by atoms with Gasteiger partial charge in [-0.2, -0.15) is 0 Å². The lowest BCUT2D eigenvalue weighted by atomic mass is 9.93. The van der Waals surface area contributed by atoms with Gasteiger partial charge in [-0.15, -0.1) is 0 Å². The molecule has 1 aliphatic carbocycles. The standard InChI is InChI=1S/C13H25N/c1-8(2)12-11-9(3)10(11)7-14(12)13(4,5)6/h8-12H,7H2,1-6H3/t9?,10-,11+,12+/m0/s1. The van der Waals surface area contributed by atoms with Crippen molar-refractivity contribution in [2.24, 2.45) is 23.7 Å². The first-order valence-electron chi connectivity index (χ1n) is 6.10. The zero-order valence-corrected chi connectivity index (χ0v) is 10.5. The molecule has 0 aromatic rings. The quantitative estimate of drug-likeness (QED) is 0.621. The minimum atomic E-state index is 0.363. The van der Waals surface area contributed by atoms with Gasteiger partial charge in [-0.25, -0.2) is 0 Å². The molecule has 1 saturated heterocycles. The monoisotopic (exact) mass is 195 g/mol. The third-order valence-corrected chi connectivity index (χ3v) is 4.34. The molecule has 0 spiro atoms. The smallest absolute Gasteiger partial charge is 0.0158 e. The summed E-state index contributed by atoms with van der Waals surface area (Å²) in [6.07, 6.45) is 0. The predicted molar refractivity (Wildman–Crippen MR) is 61.2 cm³/mol. The summed E-state index contributed by atoms with van der Waals surface area (Å²) in [5.41, 5.74) is 0.363. The van der Waals surface area contributed by atoms with E-state index in [1.165, 1.54) is 6.54 Å². The van der Waals surface area contributed by atoms with E-state index >= 15 is 0 Å². The molecule has 1 heterocycles. The number of piperidine rings is 1. The molecule has 1 nitrogen and oxygen atoms in total. The average Bonchev–Trinajstić information content (AvgIpc) is 2.52. The van der Waals surface area contributed by atoms with Crippen molar-refractivity contribution in [3.8, 4) is 0 Å². The van der Waals surface area contributed by atoms with E-state index in [1.807, 2.05) is 0 Å². The highest BCUT2D eigenvalue weighted by Crippen LogP contribution is 2.58. The molecular formula is C13H25N. The topological polar surface area (TPSA) is 3.24 Å². The van der Waals surface area contributed by atoms with Crippen molar-refractivity contribution < 1.29 is 0 Å². The molecule has 0 aromatic heterocycles. The number of rotatable bonds is 1. The summed E-state index contributed by atoms with van der Waals surface area (Å²) < 4.78 is 0. The van der Waals surface area contributed by atoms with Crippen LogP contribution in [0.2, 0.25) is 0 Å². The van der Waals surface area contributed by atoms with Crippen LogP contribution in [-0.2, 0) is 0 Å². The van der Waals surface area contributed by atoms with E-state index in [-0.39, 0.29) is 0 Å². The van der Waals surface area contributed by atoms with Crippen LogP contribution >= 0.6 is 0 Å². The zero-order chi connectivity index (χ0) is 10.7. The summed E-state index contributed by atoms with van der Waals surface area (Å²) in [5, 5.41) is 0. The Labute approximate surface area is 88.9 Å². The van der Waals surface area contributed by atoms with Gasteiger partial charge in [-0.05, 0) is 44.4 Å². The van der Waals surface area contributed by atoms with Gasteiger partial charge in [0.05, 0.1) is 0 Å². The number of nitrogens with zero attached hydrogens (tertiary/aromatic N) is 1. The molecule has 4 atom stereocenters. The Morgan fingerprint density at radius 3 is 2.21 bits per heavy atom. The van der Waals surface area contributed by atoms with E-state index in [4.69, 9.17) is 0 Å². The number of fused-ring (bicyclic) bond motifs is 1. The molecule has 1 unspecified atom stereocenters. The van der Waals surface area contributed by atoms with Crippen molar-refractivity contribution in [1.82, 2.24) is 4.90 Å². The molecule has 1 saturated carbocycles. The first-order valence-corrected chi connectivity index (χ1v) is 6.10. The Balaban J connectivity index is 2.15. The lowest BCUT2D eigenvalue weighted by Gasteiger charge is -2.41. The summed E-state index contributed by atoms with van der Waals surface area (Å²) in [5.74, 6) is 3.84. The van der Waals surface area contributed by atoms with Gasteiger partial charge in [0.2, 0.25) is 0 Å². The number of hydrogen-bond donors (Lipinski definition) is 0. The van der Waals surface area contributed by atoms with Crippen molar-refractivity contribution >= 4 is 0 Å². The van der Waals surface area contributed by atoms with Crippen LogP contribution in [0.15, 0.2) is 0 Å². The van der Waals surface area contributed by atoms with Crippen LogP contribution in [0.5, 0.6) is 0 Å². The summed E-state index contributed by atoms with van der Waals surface area (Å²) in [4.78, 5) is 2.74. The Bertz CT molecular complexity index is 226. The molecule has 0 radical (unpaired) electrons. The summed E-state index contributed by atoms with van der Waals surface area (Å²) in [6, 6.07) is 0.843. The Hall–Kier alpha value is -0.0400. The summed E-state index contributed by atoms with van der Waals surface area (Å²) in [7, 11) is 0. The second-order valence-corrected chi connectivity index (χ2v) is 6.66. The zero-order valence-electron chi connectivity index (χ0n) is 10.5. The Morgan fingerprint density at radius 1 is 1.21 bits per heavy atom. The molecule has 0 N–H and O–H groups in total. The van der Waals surface area contributed by atoms with Gasteiger partial charge in [0.25, 0.3) is 0 Å². The molecule has 0 aromatic carbocycles. The number of likely N-dealkylation sites (tertiary alicyclic amines) is 1. The normalized spacial score (nSPS) is 43.1. The molecule has 2 aliphatic rings. The van der Waals surface area contributed by atoms with E-state index in [0.29, 0.717) is 5.54 Å². The fourth-order valence-electron chi connectivity index (χ4n) is 3.51. The van der Waals surface area contributed by atoms with Crippen molar-refractivity contribution in [1.29, 1.82) is 0 Å². The van der Waals surface area contributed by atoms with Gasteiger partial charge in [-0.3, -0.25) is 4.90 Å². The fourth-order valence-corrected chi connectivity index (χ4v) is 3.51. The lowest BCUT2D eigenvalue weighted by Crippen LogP contribution is -2.49. The first kappa shape index (κ1) is 10.5. The van der Waals surface area contributed by atoms with Crippen molar-refractivity contribution in [2.75, 3.05) is 6.54 Å². The van der Waals surface area contributed by atoms with Crippen molar-refractivity contribution in [2.45, 2.75) is 53.1 Å². The highest BCUT2D eigenvalue weighted by molar-refractivity contribution is 5.11. The third-order valence-electron chi connectivity index (χ3n) is 4.34. The highest BCUT2D eigenvalue weighted by atomic mass is 15.3. The lowest BCUT2D eigenvalue weighted by molar-refractivity contribution is 0.0669. The molecule has 2 rings (SSSR count). The summed E-state index contributed by atoms with van der Waals surface area (Å²) >= 11 is 0. The molecule has 2 fully saturated rings. The molecule has 82 valence electrons. The van der Waals surface area contributed by atoms with Gasteiger partial charge >= 0.3 is 0 Å².